The molecule has 2 aliphatic heterocycles. The van der Waals surface area contributed by atoms with E-state index < -0.39 is 0 Å². The Morgan fingerprint density at radius 1 is 1.10 bits per heavy atom. The Balaban J connectivity index is 1.34. The van der Waals surface area contributed by atoms with Crippen molar-refractivity contribution in [3.05, 3.63) is 46.1 Å². The molecular weight excluding hydrogens is 409 g/mol. The summed E-state index contributed by atoms with van der Waals surface area (Å²) in [7, 11) is 2.14. The van der Waals surface area contributed by atoms with Crippen molar-refractivity contribution < 1.29 is 4.74 Å². The summed E-state index contributed by atoms with van der Waals surface area (Å²) in [5, 5.41) is 1.42. The average Bonchev–Trinajstić information content (AvgIpc) is 2.76. The molecule has 0 amide bonds. The summed E-state index contributed by atoms with van der Waals surface area (Å²) in [6, 6.07) is 8.23. The largest absolute Gasteiger partial charge is 0.378 e. The zero-order valence-electron chi connectivity index (χ0n) is 16.7. The lowest BCUT2D eigenvalue weighted by atomic mass is 10.0. The fraction of sp³-hybridized carbons (Fsp3) is 0.524. The van der Waals surface area contributed by atoms with E-state index >= 15 is 0 Å². The van der Waals surface area contributed by atoms with E-state index in [0.29, 0.717) is 11.1 Å². The number of nitrogens with zero attached hydrogens (tertiary/aromatic N) is 5. The predicted molar refractivity (Wildman–Crippen MR) is 118 cm³/mol. The molecule has 3 heterocycles. The van der Waals surface area contributed by atoms with Crippen molar-refractivity contribution >= 4 is 35.0 Å². The van der Waals surface area contributed by atoms with Gasteiger partial charge in [0.05, 0.1) is 13.2 Å². The first-order valence-electron chi connectivity index (χ1n) is 10.1. The van der Waals surface area contributed by atoms with E-state index in [1.54, 1.807) is 0 Å². The average molecular weight is 436 g/mol. The molecule has 8 heteroatoms. The van der Waals surface area contributed by atoms with Crippen molar-refractivity contribution in [1.29, 1.82) is 0 Å². The van der Waals surface area contributed by atoms with Gasteiger partial charge in [0.15, 0.2) is 0 Å². The maximum Gasteiger partial charge on any atom is 0.227 e. The third kappa shape index (κ3) is 5.12. The van der Waals surface area contributed by atoms with E-state index in [1.807, 2.05) is 30.5 Å². The summed E-state index contributed by atoms with van der Waals surface area (Å²) in [6.45, 7) is 6.10. The molecule has 0 unspecified atom stereocenters. The molecule has 0 N–H and O–H groups in total. The van der Waals surface area contributed by atoms with Gasteiger partial charge in [0, 0.05) is 62.1 Å². The van der Waals surface area contributed by atoms with Crippen LogP contribution in [0.4, 0.5) is 11.8 Å². The highest BCUT2D eigenvalue weighted by Gasteiger charge is 2.24. The van der Waals surface area contributed by atoms with E-state index in [9.17, 15) is 0 Å². The second-order valence-corrected chi connectivity index (χ2v) is 8.51. The van der Waals surface area contributed by atoms with Gasteiger partial charge in [0.1, 0.15) is 5.82 Å². The van der Waals surface area contributed by atoms with Gasteiger partial charge in [-0.25, -0.2) is 4.98 Å². The lowest BCUT2D eigenvalue weighted by Gasteiger charge is -2.37. The zero-order valence-corrected chi connectivity index (χ0v) is 18.2. The second-order valence-electron chi connectivity index (χ2n) is 7.67. The molecule has 156 valence electrons. The molecule has 2 saturated heterocycles. The van der Waals surface area contributed by atoms with Crippen LogP contribution in [0.1, 0.15) is 18.4 Å². The molecular formula is C21H27Cl2N5O. The van der Waals surface area contributed by atoms with E-state index in [0.717, 1.165) is 81.1 Å². The zero-order chi connectivity index (χ0) is 20.2. The molecule has 4 rings (SSSR count). The van der Waals surface area contributed by atoms with Crippen LogP contribution in [0.15, 0.2) is 30.5 Å². The van der Waals surface area contributed by atoms with Gasteiger partial charge in [0.2, 0.25) is 5.95 Å². The van der Waals surface area contributed by atoms with E-state index in [2.05, 4.69) is 26.7 Å². The molecule has 0 saturated carbocycles. The van der Waals surface area contributed by atoms with E-state index in [1.165, 1.54) is 0 Å². The van der Waals surface area contributed by atoms with Crippen molar-refractivity contribution in [3.8, 4) is 0 Å². The summed E-state index contributed by atoms with van der Waals surface area (Å²) >= 11 is 12.4. The molecule has 1 aromatic carbocycles. The molecule has 2 fully saturated rings. The number of piperidine rings is 1. The number of rotatable bonds is 5. The number of anilines is 2. The minimum absolute atomic E-state index is 0.472. The van der Waals surface area contributed by atoms with Crippen molar-refractivity contribution in [2.45, 2.75) is 25.4 Å². The Morgan fingerprint density at radius 3 is 2.59 bits per heavy atom. The highest BCUT2D eigenvalue weighted by molar-refractivity contribution is 6.35. The number of likely N-dealkylation sites (tertiary alicyclic amines) is 1. The van der Waals surface area contributed by atoms with Gasteiger partial charge >= 0.3 is 0 Å². The van der Waals surface area contributed by atoms with Gasteiger partial charge in [-0.05, 0) is 36.6 Å². The Labute approximate surface area is 182 Å². The molecule has 6 nitrogen and oxygen atoms in total. The first-order chi connectivity index (χ1) is 14.1. The lowest BCUT2D eigenvalue weighted by Crippen LogP contribution is -2.43. The molecule has 0 radical (unpaired) electrons. The van der Waals surface area contributed by atoms with Crippen LogP contribution in [0.25, 0.3) is 0 Å². The smallest absolute Gasteiger partial charge is 0.227 e. The van der Waals surface area contributed by atoms with Crippen molar-refractivity contribution in [3.63, 3.8) is 0 Å². The van der Waals surface area contributed by atoms with Gasteiger partial charge in [-0.1, -0.05) is 29.3 Å². The SMILES string of the molecule is CN(c1ccnc(N2CCOCC2)n1)C1CCN(Cc2ccc(Cl)cc2Cl)CC1. The number of halogens is 2. The standard InChI is InChI=1S/C21H27Cl2N5O/c1-26(20-4-7-24-21(25-20)28-10-12-29-13-11-28)18-5-8-27(9-6-18)15-16-2-3-17(22)14-19(16)23/h2-4,7,14,18H,5-6,8-13,15H2,1H3. The molecule has 1 aromatic heterocycles. The number of benzene rings is 1. The first-order valence-corrected chi connectivity index (χ1v) is 10.9. The van der Waals surface area contributed by atoms with Gasteiger partial charge in [-0.2, -0.15) is 4.98 Å². The van der Waals surface area contributed by atoms with Gasteiger partial charge in [-0.3, -0.25) is 4.90 Å². The summed E-state index contributed by atoms with van der Waals surface area (Å²) in [4.78, 5) is 16.2. The van der Waals surface area contributed by atoms with Crippen LogP contribution in [-0.4, -0.2) is 67.4 Å². The number of morpholine rings is 1. The molecule has 0 aliphatic carbocycles. The number of hydrogen-bond donors (Lipinski definition) is 0. The Hall–Kier alpha value is -1.60. The fourth-order valence-electron chi connectivity index (χ4n) is 3.99. The Kier molecular flexibility index (Phi) is 6.75. The molecule has 0 atom stereocenters. The van der Waals surface area contributed by atoms with Gasteiger partial charge < -0.3 is 14.5 Å². The van der Waals surface area contributed by atoms with Crippen molar-refractivity contribution in [2.24, 2.45) is 0 Å². The van der Waals surface area contributed by atoms with Crippen LogP contribution in [0.3, 0.4) is 0 Å². The molecule has 0 spiro atoms. The van der Waals surface area contributed by atoms with Crippen LogP contribution in [0.5, 0.6) is 0 Å². The fourth-order valence-corrected chi connectivity index (χ4v) is 4.46. The topological polar surface area (TPSA) is 44.7 Å². The predicted octanol–water partition coefficient (Wildman–Crippen LogP) is 3.72. The summed E-state index contributed by atoms with van der Waals surface area (Å²) < 4.78 is 5.43. The second kappa shape index (κ2) is 9.47. The Bertz CT molecular complexity index is 822. The van der Waals surface area contributed by atoms with Crippen LogP contribution in [-0.2, 0) is 11.3 Å². The minimum atomic E-state index is 0.472. The summed E-state index contributed by atoms with van der Waals surface area (Å²) in [5.41, 5.74) is 1.13. The maximum absolute atomic E-state index is 6.34. The monoisotopic (exact) mass is 435 g/mol. The molecule has 29 heavy (non-hydrogen) atoms. The number of aromatic nitrogens is 2. The van der Waals surface area contributed by atoms with Gasteiger partial charge in [0.25, 0.3) is 0 Å². The number of ether oxygens (including phenoxy) is 1. The van der Waals surface area contributed by atoms with Crippen LogP contribution < -0.4 is 9.80 Å². The van der Waals surface area contributed by atoms with Crippen molar-refractivity contribution in [2.75, 3.05) is 56.2 Å². The third-order valence-electron chi connectivity index (χ3n) is 5.80. The van der Waals surface area contributed by atoms with E-state index in [4.69, 9.17) is 32.9 Å². The number of hydrogen-bond acceptors (Lipinski definition) is 6. The van der Waals surface area contributed by atoms with Crippen molar-refractivity contribution in [1.82, 2.24) is 14.9 Å². The van der Waals surface area contributed by atoms with Crippen LogP contribution >= 0.6 is 23.2 Å². The highest BCUT2D eigenvalue weighted by Crippen LogP contribution is 2.26. The maximum atomic E-state index is 6.34. The summed E-state index contributed by atoms with van der Waals surface area (Å²) in [5.74, 6) is 1.79. The summed E-state index contributed by atoms with van der Waals surface area (Å²) in [6.07, 6.45) is 4.05. The quantitative estimate of drug-likeness (QED) is 0.712. The normalized spacial score (nSPS) is 18.8. The lowest BCUT2D eigenvalue weighted by molar-refractivity contribution is 0.122. The van der Waals surface area contributed by atoms with Crippen LogP contribution in [0, 0.1) is 0 Å². The van der Waals surface area contributed by atoms with Gasteiger partial charge in [-0.15, -0.1) is 0 Å². The molecule has 2 aliphatic rings. The highest BCUT2D eigenvalue weighted by atomic mass is 35.5. The molecule has 0 bridgehead atoms. The Morgan fingerprint density at radius 2 is 1.86 bits per heavy atom. The third-order valence-corrected chi connectivity index (χ3v) is 6.38. The molecule has 2 aromatic rings. The van der Waals surface area contributed by atoms with Crippen LogP contribution in [0.2, 0.25) is 10.0 Å². The first kappa shape index (κ1) is 20.7. The van der Waals surface area contributed by atoms with E-state index in [-0.39, 0.29) is 0 Å². The minimum Gasteiger partial charge on any atom is -0.378 e.